The molecular weight excluding hydrogens is 308 g/mol. The first-order valence-electron chi connectivity index (χ1n) is 8.65. The number of nitrogens with zero attached hydrogens (tertiary/aromatic N) is 1. The maximum atomic E-state index is 12.6. The minimum absolute atomic E-state index is 0. The van der Waals surface area contributed by atoms with Gasteiger partial charge in [0.05, 0.1) is 0 Å². The minimum Gasteiger partial charge on any atom is -0.315 e. The highest BCUT2D eigenvalue weighted by Gasteiger charge is 2.34. The number of fused-ring (bicyclic) bond motifs is 2. The summed E-state index contributed by atoms with van der Waals surface area (Å²) in [6, 6.07) is 9.69. The molecule has 3 nitrogen and oxygen atoms in total. The largest absolute Gasteiger partial charge is 0.315 e. The molecule has 0 spiro atoms. The molecule has 3 rings (SSSR count). The van der Waals surface area contributed by atoms with Gasteiger partial charge in [0, 0.05) is 31.2 Å². The fraction of sp³-hybridized carbons (Fsp3) is 0.632. The van der Waals surface area contributed by atoms with Crippen LogP contribution in [0.25, 0.3) is 0 Å². The molecule has 4 heteroatoms. The van der Waals surface area contributed by atoms with E-state index in [2.05, 4.69) is 37.4 Å². The van der Waals surface area contributed by atoms with Crippen molar-refractivity contribution in [2.45, 2.75) is 64.0 Å². The van der Waals surface area contributed by atoms with Crippen molar-refractivity contribution in [2.24, 2.45) is 5.92 Å². The van der Waals surface area contributed by atoms with Crippen molar-refractivity contribution in [3.05, 3.63) is 29.8 Å². The van der Waals surface area contributed by atoms with Crippen LogP contribution in [0.5, 0.6) is 0 Å². The Bertz CT molecular complexity index is 534. The van der Waals surface area contributed by atoms with E-state index in [0.717, 1.165) is 5.69 Å². The van der Waals surface area contributed by atoms with Crippen LogP contribution >= 0.6 is 12.4 Å². The second-order valence-corrected chi connectivity index (χ2v) is 7.38. The van der Waals surface area contributed by atoms with E-state index in [-0.39, 0.29) is 18.3 Å². The second kappa shape index (κ2) is 7.67. The predicted octanol–water partition coefficient (Wildman–Crippen LogP) is 4.12. The van der Waals surface area contributed by atoms with Gasteiger partial charge in [0.15, 0.2) is 0 Å². The normalized spacial score (nSPS) is 26.0. The number of amides is 1. The van der Waals surface area contributed by atoms with Gasteiger partial charge in [0.25, 0.3) is 0 Å². The molecule has 1 aromatic rings. The van der Waals surface area contributed by atoms with Crippen molar-refractivity contribution in [3.63, 3.8) is 0 Å². The lowest BCUT2D eigenvalue weighted by Gasteiger charge is -2.30. The molecular formula is C19H29ClN2O. The van der Waals surface area contributed by atoms with Gasteiger partial charge in [-0.15, -0.1) is 12.4 Å². The van der Waals surface area contributed by atoms with Crippen molar-refractivity contribution in [1.82, 2.24) is 5.32 Å². The Hall–Kier alpha value is -1.06. The molecule has 23 heavy (non-hydrogen) atoms. The van der Waals surface area contributed by atoms with Crippen molar-refractivity contribution < 1.29 is 4.79 Å². The van der Waals surface area contributed by atoms with Crippen LogP contribution in [0.4, 0.5) is 5.69 Å². The summed E-state index contributed by atoms with van der Waals surface area (Å²) >= 11 is 0. The van der Waals surface area contributed by atoms with E-state index < -0.39 is 0 Å². The topological polar surface area (TPSA) is 32.3 Å². The summed E-state index contributed by atoms with van der Waals surface area (Å²) in [5, 5.41) is 3.65. The maximum absolute atomic E-state index is 12.6. The van der Waals surface area contributed by atoms with Gasteiger partial charge < -0.3 is 10.2 Å². The molecule has 1 aromatic carbocycles. The van der Waals surface area contributed by atoms with Gasteiger partial charge in [-0.3, -0.25) is 4.79 Å². The molecule has 2 aliphatic rings. The van der Waals surface area contributed by atoms with Crippen LogP contribution in [-0.2, 0) is 4.79 Å². The van der Waals surface area contributed by atoms with E-state index >= 15 is 0 Å². The van der Waals surface area contributed by atoms with E-state index in [1.165, 1.54) is 31.2 Å². The Morgan fingerprint density at radius 2 is 1.91 bits per heavy atom. The third kappa shape index (κ3) is 4.27. The maximum Gasteiger partial charge on any atom is 0.226 e. The highest BCUT2D eigenvalue weighted by Crippen LogP contribution is 2.33. The van der Waals surface area contributed by atoms with Crippen LogP contribution in [-0.4, -0.2) is 25.0 Å². The summed E-state index contributed by atoms with van der Waals surface area (Å²) in [6.07, 6.45) is 5.62. The SMILES string of the molecule is CC(C)c1cccc(N(C)C(=O)CC2CC3CCC(C2)N3)c1.Cl. The average Bonchev–Trinajstić information content (AvgIpc) is 2.85. The molecule has 2 unspecified atom stereocenters. The number of halogens is 1. The number of anilines is 1. The van der Waals surface area contributed by atoms with Gasteiger partial charge in [-0.2, -0.15) is 0 Å². The average molecular weight is 337 g/mol. The highest BCUT2D eigenvalue weighted by atomic mass is 35.5. The molecule has 0 aliphatic carbocycles. The standard InChI is InChI=1S/C19H28N2O.ClH/c1-13(2)15-5-4-6-18(12-15)21(3)19(22)11-14-9-16-7-8-17(10-14)20-16;/h4-6,12-14,16-17,20H,7-11H2,1-3H3;1H. The molecule has 2 atom stereocenters. The number of nitrogens with one attached hydrogen (secondary N) is 1. The van der Waals surface area contributed by atoms with Gasteiger partial charge >= 0.3 is 0 Å². The van der Waals surface area contributed by atoms with Crippen LogP contribution in [0.2, 0.25) is 0 Å². The smallest absolute Gasteiger partial charge is 0.226 e. The zero-order chi connectivity index (χ0) is 15.7. The number of piperidine rings is 1. The van der Waals surface area contributed by atoms with Gasteiger partial charge in [-0.05, 0) is 55.2 Å². The van der Waals surface area contributed by atoms with E-state index in [0.29, 0.717) is 30.3 Å². The first-order chi connectivity index (χ1) is 10.5. The third-order valence-corrected chi connectivity index (χ3v) is 5.33. The lowest BCUT2D eigenvalue weighted by atomic mass is 9.89. The molecule has 2 aliphatic heterocycles. The minimum atomic E-state index is 0. The number of hydrogen-bond donors (Lipinski definition) is 1. The molecule has 1 amide bonds. The van der Waals surface area contributed by atoms with Crippen LogP contribution < -0.4 is 10.2 Å². The molecule has 128 valence electrons. The van der Waals surface area contributed by atoms with E-state index in [4.69, 9.17) is 0 Å². The molecule has 0 saturated carbocycles. The monoisotopic (exact) mass is 336 g/mol. The number of carbonyl (C=O) groups excluding carboxylic acids is 1. The predicted molar refractivity (Wildman–Crippen MR) is 98.5 cm³/mol. The lowest BCUT2D eigenvalue weighted by Crippen LogP contribution is -2.40. The van der Waals surface area contributed by atoms with E-state index in [9.17, 15) is 4.79 Å². The quantitative estimate of drug-likeness (QED) is 0.897. The summed E-state index contributed by atoms with van der Waals surface area (Å²) in [7, 11) is 1.91. The Balaban J connectivity index is 0.00000192. The van der Waals surface area contributed by atoms with Gasteiger partial charge in [0.2, 0.25) is 5.91 Å². The molecule has 0 aromatic heterocycles. The van der Waals surface area contributed by atoms with Crippen LogP contribution in [0.15, 0.2) is 24.3 Å². The number of hydrogen-bond acceptors (Lipinski definition) is 2. The number of benzene rings is 1. The van der Waals surface area contributed by atoms with Gasteiger partial charge in [-0.1, -0.05) is 26.0 Å². The third-order valence-electron chi connectivity index (χ3n) is 5.33. The van der Waals surface area contributed by atoms with Gasteiger partial charge in [-0.25, -0.2) is 0 Å². The van der Waals surface area contributed by atoms with Crippen LogP contribution in [0.1, 0.15) is 57.4 Å². The molecule has 1 N–H and O–H groups in total. The first-order valence-corrected chi connectivity index (χ1v) is 8.65. The zero-order valence-electron chi connectivity index (χ0n) is 14.4. The molecule has 2 bridgehead atoms. The summed E-state index contributed by atoms with van der Waals surface area (Å²) in [4.78, 5) is 14.5. The van der Waals surface area contributed by atoms with E-state index in [1.807, 2.05) is 18.0 Å². The molecule has 2 saturated heterocycles. The summed E-state index contributed by atoms with van der Waals surface area (Å²) < 4.78 is 0. The molecule has 0 radical (unpaired) electrons. The first kappa shape index (κ1) is 18.3. The van der Waals surface area contributed by atoms with Crippen molar-refractivity contribution in [2.75, 3.05) is 11.9 Å². The van der Waals surface area contributed by atoms with Crippen molar-refractivity contribution in [1.29, 1.82) is 0 Å². The molecule has 2 heterocycles. The zero-order valence-corrected chi connectivity index (χ0v) is 15.2. The molecule has 2 fully saturated rings. The fourth-order valence-electron chi connectivity index (χ4n) is 3.96. The van der Waals surface area contributed by atoms with Gasteiger partial charge in [0.1, 0.15) is 0 Å². The Morgan fingerprint density at radius 1 is 1.26 bits per heavy atom. The fourth-order valence-corrected chi connectivity index (χ4v) is 3.96. The Labute approximate surface area is 146 Å². The van der Waals surface area contributed by atoms with E-state index in [1.54, 1.807) is 0 Å². The van der Waals surface area contributed by atoms with Crippen LogP contribution in [0, 0.1) is 5.92 Å². The summed E-state index contributed by atoms with van der Waals surface area (Å²) in [6.45, 7) is 4.37. The Kier molecular flexibility index (Phi) is 6.10. The van der Waals surface area contributed by atoms with Crippen molar-refractivity contribution in [3.8, 4) is 0 Å². The number of rotatable bonds is 4. The second-order valence-electron chi connectivity index (χ2n) is 7.38. The summed E-state index contributed by atoms with van der Waals surface area (Å²) in [5.74, 6) is 1.30. The summed E-state index contributed by atoms with van der Waals surface area (Å²) in [5.41, 5.74) is 2.31. The van der Waals surface area contributed by atoms with Crippen LogP contribution in [0.3, 0.4) is 0 Å². The Morgan fingerprint density at radius 3 is 2.52 bits per heavy atom. The van der Waals surface area contributed by atoms with Crippen molar-refractivity contribution >= 4 is 24.0 Å². The highest BCUT2D eigenvalue weighted by molar-refractivity contribution is 5.93. The number of carbonyl (C=O) groups is 1. The lowest BCUT2D eigenvalue weighted by molar-refractivity contribution is -0.119.